The van der Waals surface area contributed by atoms with Crippen molar-refractivity contribution in [2.75, 3.05) is 7.11 Å². The fourth-order valence-corrected chi connectivity index (χ4v) is 5.14. The smallest absolute Gasteiger partial charge is 0.218 e. The van der Waals surface area contributed by atoms with E-state index in [1.807, 2.05) is 42.6 Å². The Labute approximate surface area is 228 Å². The van der Waals surface area contributed by atoms with Crippen LogP contribution in [0.4, 0.5) is 0 Å². The third kappa shape index (κ3) is 4.12. The average Bonchev–Trinajstić information content (AvgIpc) is 3.73. The summed E-state index contributed by atoms with van der Waals surface area (Å²) in [5.41, 5.74) is 3.13. The first-order chi connectivity index (χ1) is 18.9. The van der Waals surface area contributed by atoms with E-state index in [0.29, 0.717) is 45.2 Å². The van der Waals surface area contributed by atoms with Crippen LogP contribution in [0, 0.1) is 0 Å². The molecule has 0 saturated carbocycles. The zero-order chi connectivity index (χ0) is 27.1. The number of benzene rings is 2. The Morgan fingerprint density at radius 3 is 2.23 bits per heavy atom. The van der Waals surface area contributed by atoms with Crippen molar-refractivity contribution in [1.29, 1.82) is 0 Å². The SMILES string of the molecule is COc1nc2ccc(C(O)(c3cnnn3C)c3cnnn3C)cc2c(Cl)c1Cc1ccc(-n2cccn2)cc1. The first-order valence-corrected chi connectivity index (χ1v) is 12.5. The fourth-order valence-electron chi connectivity index (χ4n) is 4.84. The summed E-state index contributed by atoms with van der Waals surface area (Å²) >= 11 is 7.05. The van der Waals surface area contributed by atoms with Crippen molar-refractivity contribution in [3.8, 4) is 11.6 Å². The number of methoxy groups -OCH3 is 1. The highest BCUT2D eigenvalue weighted by atomic mass is 35.5. The molecule has 0 fully saturated rings. The van der Waals surface area contributed by atoms with Crippen molar-refractivity contribution in [3.05, 3.63) is 106 Å². The number of aliphatic hydroxyl groups is 1. The van der Waals surface area contributed by atoms with E-state index in [4.69, 9.17) is 21.3 Å². The van der Waals surface area contributed by atoms with E-state index in [1.54, 1.807) is 44.2 Å². The minimum absolute atomic E-state index is 0.443. The lowest BCUT2D eigenvalue weighted by Crippen LogP contribution is -2.33. The van der Waals surface area contributed by atoms with Gasteiger partial charge in [0.05, 0.1) is 35.7 Å². The number of hydrogen-bond acceptors (Lipinski definition) is 8. The summed E-state index contributed by atoms with van der Waals surface area (Å²) in [6.45, 7) is 0. The molecule has 196 valence electrons. The maximum absolute atomic E-state index is 12.2. The van der Waals surface area contributed by atoms with Crippen molar-refractivity contribution in [1.82, 2.24) is 44.8 Å². The van der Waals surface area contributed by atoms with E-state index >= 15 is 0 Å². The first-order valence-electron chi connectivity index (χ1n) is 12.1. The standard InChI is InChI=1S/C27H24ClN9O2/c1-35-23(15-29-33-35)27(38,24-16-30-34-36(24)2)18-7-10-22-20(14-18)25(28)21(26(32-22)39-3)13-17-5-8-19(9-6-17)37-12-4-11-31-37/h4-12,14-16,38H,13H2,1-3H3. The van der Waals surface area contributed by atoms with Gasteiger partial charge >= 0.3 is 0 Å². The quantitative estimate of drug-likeness (QED) is 0.327. The number of pyridine rings is 1. The molecule has 11 nitrogen and oxygen atoms in total. The Kier molecular flexibility index (Phi) is 6.09. The second kappa shape index (κ2) is 9.61. The number of ether oxygens (including phenoxy) is 1. The van der Waals surface area contributed by atoms with Crippen LogP contribution in [0.1, 0.15) is 28.1 Å². The lowest BCUT2D eigenvalue weighted by Gasteiger charge is -2.28. The molecule has 0 aliphatic rings. The Hall–Kier alpha value is -4.61. The monoisotopic (exact) mass is 541 g/mol. The summed E-state index contributed by atoms with van der Waals surface area (Å²) in [6.07, 6.45) is 7.16. The molecule has 12 heteroatoms. The summed E-state index contributed by atoms with van der Waals surface area (Å²) < 4.78 is 10.5. The second-order valence-electron chi connectivity index (χ2n) is 9.14. The number of rotatable bonds is 7. The van der Waals surface area contributed by atoms with E-state index in [0.717, 1.165) is 16.8 Å². The molecule has 0 saturated heterocycles. The summed E-state index contributed by atoms with van der Waals surface area (Å²) in [5.74, 6) is 0.443. The van der Waals surface area contributed by atoms with Gasteiger partial charge in [0.1, 0.15) is 11.4 Å². The van der Waals surface area contributed by atoms with Crippen LogP contribution in [0.25, 0.3) is 16.6 Å². The molecule has 4 heterocycles. The molecular weight excluding hydrogens is 518 g/mol. The Morgan fingerprint density at radius 1 is 0.974 bits per heavy atom. The summed E-state index contributed by atoms with van der Waals surface area (Å²) in [6, 6.07) is 15.4. The molecule has 0 atom stereocenters. The van der Waals surface area contributed by atoms with Crippen molar-refractivity contribution in [3.63, 3.8) is 0 Å². The van der Waals surface area contributed by atoms with Gasteiger partial charge in [-0.15, -0.1) is 10.2 Å². The van der Waals surface area contributed by atoms with Crippen LogP contribution in [-0.4, -0.2) is 57.0 Å². The Morgan fingerprint density at radius 2 is 1.67 bits per heavy atom. The fraction of sp³-hybridized carbons (Fsp3) is 0.185. The lowest BCUT2D eigenvalue weighted by molar-refractivity contribution is 0.107. The van der Waals surface area contributed by atoms with Crippen molar-refractivity contribution < 1.29 is 9.84 Å². The average molecular weight is 542 g/mol. The zero-order valence-electron chi connectivity index (χ0n) is 21.4. The van der Waals surface area contributed by atoms with E-state index in [1.165, 1.54) is 21.8 Å². The largest absolute Gasteiger partial charge is 0.481 e. The molecule has 0 radical (unpaired) electrons. The zero-order valence-corrected chi connectivity index (χ0v) is 22.1. The topological polar surface area (TPSA) is 122 Å². The normalized spacial score (nSPS) is 11.8. The summed E-state index contributed by atoms with van der Waals surface area (Å²) in [7, 11) is 5.01. The van der Waals surface area contributed by atoms with Crippen LogP contribution in [0.3, 0.4) is 0 Å². The number of halogens is 1. The maximum Gasteiger partial charge on any atom is 0.218 e. The van der Waals surface area contributed by atoms with Crippen LogP contribution >= 0.6 is 11.6 Å². The van der Waals surface area contributed by atoms with Gasteiger partial charge in [-0.25, -0.2) is 19.0 Å². The third-order valence-corrected chi connectivity index (χ3v) is 7.28. The van der Waals surface area contributed by atoms with Crippen LogP contribution in [-0.2, 0) is 26.1 Å². The highest BCUT2D eigenvalue weighted by Gasteiger charge is 2.40. The van der Waals surface area contributed by atoms with Crippen molar-refractivity contribution >= 4 is 22.5 Å². The summed E-state index contributed by atoms with van der Waals surface area (Å²) in [5, 5.41) is 33.7. The molecule has 6 rings (SSSR count). The van der Waals surface area contributed by atoms with Crippen LogP contribution in [0.2, 0.25) is 5.02 Å². The molecule has 0 bridgehead atoms. The Balaban J connectivity index is 1.47. The number of aromatic nitrogens is 9. The predicted octanol–water partition coefficient (Wildman–Crippen LogP) is 3.21. The predicted molar refractivity (Wildman–Crippen MR) is 144 cm³/mol. The number of aryl methyl sites for hydroxylation is 2. The molecule has 4 aromatic heterocycles. The van der Waals surface area contributed by atoms with E-state index in [-0.39, 0.29) is 0 Å². The van der Waals surface area contributed by atoms with Gasteiger partial charge in [0.25, 0.3) is 0 Å². The van der Waals surface area contributed by atoms with E-state index < -0.39 is 5.60 Å². The van der Waals surface area contributed by atoms with Gasteiger partial charge in [0, 0.05) is 43.9 Å². The maximum atomic E-state index is 12.2. The van der Waals surface area contributed by atoms with Crippen LogP contribution in [0.5, 0.6) is 5.88 Å². The van der Waals surface area contributed by atoms with Gasteiger partial charge < -0.3 is 9.84 Å². The lowest BCUT2D eigenvalue weighted by atomic mass is 9.86. The minimum atomic E-state index is -1.66. The molecule has 2 aromatic carbocycles. The van der Waals surface area contributed by atoms with Gasteiger partial charge in [0.15, 0.2) is 5.60 Å². The third-order valence-electron chi connectivity index (χ3n) is 6.85. The first kappa shape index (κ1) is 24.7. The van der Waals surface area contributed by atoms with Crippen LogP contribution < -0.4 is 4.74 Å². The molecule has 39 heavy (non-hydrogen) atoms. The van der Waals surface area contributed by atoms with Gasteiger partial charge in [-0.1, -0.05) is 40.2 Å². The highest BCUT2D eigenvalue weighted by Crippen LogP contribution is 2.40. The van der Waals surface area contributed by atoms with Gasteiger partial charge in [-0.05, 0) is 41.5 Å². The molecule has 1 N–H and O–H groups in total. The van der Waals surface area contributed by atoms with E-state index in [2.05, 4.69) is 25.7 Å². The van der Waals surface area contributed by atoms with Crippen LogP contribution in [0.15, 0.2) is 73.3 Å². The summed E-state index contributed by atoms with van der Waals surface area (Å²) in [4.78, 5) is 4.73. The number of nitrogens with zero attached hydrogens (tertiary/aromatic N) is 9. The number of fused-ring (bicyclic) bond motifs is 1. The molecular formula is C27H24ClN9O2. The molecule has 0 amide bonds. The molecule has 6 aromatic rings. The number of hydrogen-bond donors (Lipinski definition) is 1. The second-order valence-corrected chi connectivity index (χ2v) is 9.51. The minimum Gasteiger partial charge on any atom is -0.481 e. The highest BCUT2D eigenvalue weighted by molar-refractivity contribution is 6.36. The van der Waals surface area contributed by atoms with Crippen molar-refractivity contribution in [2.24, 2.45) is 14.1 Å². The van der Waals surface area contributed by atoms with Gasteiger partial charge in [-0.3, -0.25) is 0 Å². The Bertz CT molecular complexity index is 1740. The van der Waals surface area contributed by atoms with Gasteiger partial charge in [0.2, 0.25) is 5.88 Å². The molecule has 0 aliphatic heterocycles. The van der Waals surface area contributed by atoms with Gasteiger partial charge in [-0.2, -0.15) is 5.10 Å². The molecule has 0 spiro atoms. The molecule has 0 unspecified atom stereocenters. The van der Waals surface area contributed by atoms with Crippen molar-refractivity contribution in [2.45, 2.75) is 12.0 Å². The van der Waals surface area contributed by atoms with E-state index in [9.17, 15) is 5.11 Å². The molecule has 0 aliphatic carbocycles.